The smallest absolute Gasteiger partial charge is 0.272 e. The monoisotopic (exact) mass is 379 g/mol. The van der Waals surface area contributed by atoms with Gasteiger partial charge in [0.15, 0.2) is 5.69 Å². The van der Waals surface area contributed by atoms with Crippen LogP contribution in [0.25, 0.3) is 5.69 Å². The number of halogens is 2. The third kappa shape index (κ3) is 4.01. The SMILES string of the molecule is CC(C)(C)CNC(=O)c1nn(-c2ccc(Cl)c(Cl)c2)c2c1CCCC2. The molecule has 4 nitrogen and oxygen atoms in total. The lowest BCUT2D eigenvalue weighted by molar-refractivity contribution is 0.0933. The number of hydrogen-bond donors (Lipinski definition) is 1. The largest absolute Gasteiger partial charge is 0.350 e. The molecule has 1 aliphatic carbocycles. The van der Waals surface area contributed by atoms with Crippen molar-refractivity contribution in [3.63, 3.8) is 0 Å². The van der Waals surface area contributed by atoms with E-state index in [0.717, 1.165) is 42.6 Å². The van der Waals surface area contributed by atoms with Gasteiger partial charge in [-0.3, -0.25) is 4.79 Å². The van der Waals surface area contributed by atoms with Gasteiger partial charge in [0.25, 0.3) is 5.91 Å². The molecule has 6 heteroatoms. The zero-order chi connectivity index (χ0) is 18.2. The van der Waals surface area contributed by atoms with Crippen molar-refractivity contribution in [1.82, 2.24) is 15.1 Å². The summed E-state index contributed by atoms with van der Waals surface area (Å²) in [7, 11) is 0. The highest BCUT2D eigenvalue weighted by Gasteiger charge is 2.26. The van der Waals surface area contributed by atoms with Gasteiger partial charge in [-0.25, -0.2) is 4.68 Å². The zero-order valence-corrected chi connectivity index (χ0v) is 16.3. The molecule has 2 aromatic rings. The molecular formula is C19H23Cl2N3O. The summed E-state index contributed by atoms with van der Waals surface area (Å²) in [6.07, 6.45) is 3.98. The molecule has 0 saturated carbocycles. The standard InChI is InChI=1S/C19H23Cl2N3O/c1-19(2,3)11-22-18(25)17-13-6-4-5-7-16(13)24(23-17)12-8-9-14(20)15(21)10-12/h8-10H,4-7,11H2,1-3H3,(H,22,25). The molecular weight excluding hydrogens is 357 g/mol. The molecule has 1 amide bonds. The highest BCUT2D eigenvalue weighted by atomic mass is 35.5. The molecule has 1 aliphatic rings. The molecule has 0 saturated heterocycles. The molecule has 0 spiro atoms. The number of rotatable bonds is 3. The lowest BCUT2D eigenvalue weighted by atomic mass is 9.94. The summed E-state index contributed by atoms with van der Waals surface area (Å²) in [6.45, 7) is 6.89. The van der Waals surface area contributed by atoms with Crippen LogP contribution in [0.3, 0.4) is 0 Å². The fourth-order valence-electron chi connectivity index (χ4n) is 3.04. The minimum absolute atomic E-state index is 0.0298. The molecule has 0 atom stereocenters. The first-order chi connectivity index (χ1) is 11.8. The number of carbonyl (C=O) groups is 1. The van der Waals surface area contributed by atoms with Gasteiger partial charge in [-0.15, -0.1) is 0 Å². The van der Waals surface area contributed by atoms with Crippen molar-refractivity contribution < 1.29 is 4.79 Å². The van der Waals surface area contributed by atoms with Crippen LogP contribution in [-0.2, 0) is 12.8 Å². The van der Waals surface area contributed by atoms with E-state index in [-0.39, 0.29) is 11.3 Å². The van der Waals surface area contributed by atoms with Crippen LogP contribution in [0.4, 0.5) is 0 Å². The number of nitrogens with zero attached hydrogens (tertiary/aromatic N) is 2. The molecule has 0 fully saturated rings. The van der Waals surface area contributed by atoms with E-state index in [9.17, 15) is 4.79 Å². The van der Waals surface area contributed by atoms with Crippen molar-refractivity contribution >= 4 is 29.1 Å². The number of fused-ring (bicyclic) bond motifs is 1. The van der Waals surface area contributed by atoms with E-state index < -0.39 is 0 Å². The van der Waals surface area contributed by atoms with Crippen LogP contribution >= 0.6 is 23.2 Å². The van der Waals surface area contributed by atoms with Crippen molar-refractivity contribution in [2.45, 2.75) is 46.5 Å². The van der Waals surface area contributed by atoms with Crippen molar-refractivity contribution in [3.8, 4) is 5.69 Å². The number of nitrogens with one attached hydrogen (secondary N) is 1. The maximum atomic E-state index is 12.7. The number of benzene rings is 1. The molecule has 3 rings (SSSR count). The van der Waals surface area contributed by atoms with Gasteiger partial charge in [0.1, 0.15) is 0 Å². The van der Waals surface area contributed by atoms with E-state index in [1.807, 2.05) is 10.7 Å². The Morgan fingerprint density at radius 2 is 1.92 bits per heavy atom. The lowest BCUT2D eigenvalue weighted by Crippen LogP contribution is -2.33. The van der Waals surface area contributed by atoms with Crippen LogP contribution < -0.4 is 5.32 Å². The summed E-state index contributed by atoms with van der Waals surface area (Å²) in [6, 6.07) is 5.44. The van der Waals surface area contributed by atoms with Crippen molar-refractivity contribution in [3.05, 3.63) is 45.2 Å². The topological polar surface area (TPSA) is 46.9 Å². The van der Waals surface area contributed by atoms with Gasteiger partial charge in [0.05, 0.1) is 15.7 Å². The molecule has 1 aromatic heterocycles. The van der Waals surface area contributed by atoms with Gasteiger partial charge >= 0.3 is 0 Å². The molecule has 1 heterocycles. The summed E-state index contributed by atoms with van der Waals surface area (Å²) in [5.41, 5.74) is 3.56. The van der Waals surface area contributed by atoms with E-state index >= 15 is 0 Å². The maximum Gasteiger partial charge on any atom is 0.272 e. The Bertz CT molecular complexity index is 806. The highest BCUT2D eigenvalue weighted by Crippen LogP contribution is 2.30. The zero-order valence-electron chi connectivity index (χ0n) is 14.8. The predicted octanol–water partition coefficient (Wildman–Crippen LogP) is 4.83. The van der Waals surface area contributed by atoms with E-state index in [0.29, 0.717) is 22.3 Å². The van der Waals surface area contributed by atoms with E-state index in [2.05, 4.69) is 31.2 Å². The molecule has 1 aromatic carbocycles. The average molecular weight is 380 g/mol. The second kappa shape index (κ2) is 7.00. The van der Waals surface area contributed by atoms with Gasteiger partial charge in [-0.1, -0.05) is 44.0 Å². The van der Waals surface area contributed by atoms with Gasteiger partial charge < -0.3 is 5.32 Å². The Hall–Kier alpha value is -1.52. The first-order valence-corrected chi connectivity index (χ1v) is 9.36. The summed E-state index contributed by atoms with van der Waals surface area (Å²) >= 11 is 12.2. The molecule has 0 bridgehead atoms. The number of hydrogen-bond acceptors (Lipinski definition) is 2. The summed E-state index contributed by atoms with van der Waals surface area (Å²) in [5.74, 6) is -0.105. The first-order valence-electron chi connectivity index (χ1n) is 8.61. The van der Waals surface area contributed by atoms with Crippen LogP contribution in [-0.4, -0.2) is 22.2 Å². The second-order valence-electron chi connectivity index (χ2n) is 7.73. The van der Waals surface area contributed by atoms with Crippen molar-refractivity contribution in [2.24, 2.45) is 5.41 Å². The van der Waals surface area contributed by atoms with Crippen LogP contribution in [0.5, 0.6) is 0 Å². The average Bonchev–Trinajstić information content (AvgIpc) is 2.94. The van der Waals surface area contributed by atoms with E-state index in [1.165, 1.54) is 0 Å². The third-order valence-corrected chi connectivity index (χ3v) is 5.06. The Morgan fingerprint density at radius 3 is 2.60 bits per heavy atom. The van der Waals surface area contributed by atoms with Crippen LogP contribution in [0.15, 0.2) is 18.2 Å². The number of carbonyl (C=O) groups excluding carboxylic acids is 1. The first kappa shape index (κ1) is 18.3. The molecule has 0 unspecified atom stereocenters. The van der Waals surface area contributed by atoms with Gasteiger partial charge in [0.2, 0.25) is 0 Å². The maximum absolute atomic E-state index is 12.7. The Morgan fingerprint density at radius 1 is 1.20 bits per heavy atom. The van der Waals surface area contributed by atoms with Gasteiger partial charge in [0, 0.05) is 17.8 Å². The van der Waals surface area contributed by atoms with E-state index in [1.54, 1.807) is 12.1 Å². The van der Waals surface area contributed by atoms with E-state index in [4.69, 9.17) is 23.2 Å². The molecule has 1 N–H and O–H groups in total. The molecule has 134 valence electrons. The quantitative estimate of drug-likeness (QED) is 0.829. The molecule has 0 aliphatic heterocycles. The van der Waals surface area contributed by atoms with Gasteiger partial charge in [-0.05, 0) is 49.3 Å². The fraction of sp³-hybridized carbons (Fsp3) is 0.474. The van der Waals surface area contributed by atoms with Crippen LogP contribution in [0, 0.1) is 5.41 Å². The minimum atomic E-state index is -0.105. The molecule has 0 radical (unpaired) electrons. The number of amides is 1. The second-order valence-corrected chi connectivity index (χ2v) is 8.55. The van der Waals surface area contributed by atoms with Crippen LogP contribution in [0.1, 0.15) is 55.4 Å². The minimum Gasteiger partial charge on any atom is -0.350 e. The van der Waals surface area contributed by atoms with Gasteiger partial charge in [-0.2, -0.15) is 5.10 Å². The number of aromatic nitrogens is 2. The van der Waals surface area contributed by atoms with Crippen LogP contribution in [0.2, 0.25) is 10.0 Å². The van der Waals surface area contributed by atoms with Crippen molar-refractivity contribution in [2.75, 3.05) is 6.54 Å². The van der Waals surface area contributed by atoms with Crippen molar-refractivity contribution in [1.29, 1.82) is 0 Å². The lowest BCUT2D eigenvalue weighted by Gasteiger charge is -2.18. The Kier molecular flexibility index (Phi) is 5.12. The summed E-state index contributed by atoms with van der Waals surface area (Å²) in [5, 5.41) is 8.64. The Labute approximate surface area is 158 Å². The Balaban J connectivity index is 1.99. The normalized spacial score (nSPS) is 14.3. The third-order valence-electron chi connectivity index (χ3n) is 4.32. The highest BCUT2D eigenvalue weighted by molar-refractivity contribution is 6.42. The fourth-order valence-corrected chi connectivity index (χ4v) is 3.33. The summed E-state index contributed by atoms with van der Waals surface area (Å²) < 4.78 is 1.85. The summed E-state index contributed by atoms with van der Waals surface area (Å²) in [4.78, 5) is 12.7. The predicted molar refractivity (Wildman–Crippen MR) is 102 cm³/mol. The molecule has 25 heavy (non-hydrogen) atoms.